The van der Waals surface area contributed by atoms with Crippen LogP contribution >= 0.6 is 0 Å². The van der Waals surface area contributed by atoms with Crippen molar-refractivity contribution in [2.45, 2.75) is 26.7 Å². The molecule has 0 aromatic rings. The summed E-state index contributed by atoms with van der Waals surface area (Å²) in [5.74, 6) is -0.0241. The summed E-state index contributed by atoms with van der Waals surface area (Å²) in [4.78, 5) is 10.3. The van der Waals surface area contributed by atoms with E-state index < -0.39 is 0 Å². The molecule has 10 heavy (non-hydrogen) atoms. The van der Waals surface area contributed by atoms with Crippen molar-refractivity contribution < 1.29 is 4.79 Å². The number of unbranched alkanes of at least 4 members (excludes halogenated alkanes) is 1. The van der Waals surface area contributed by atoms with Crippen LogP contribution in [0.3, 0.4) is 0 Å². The maximum Gasteiger partial charge on any atom is 0.172 e. The Morgan fingerprint density at radius 1 is 1.70 bits per heavy atom. The highest BCUT2D eigenvalue weighted by molar-refractivity contribution is 6.26. The summed E-state index contributed by atoms with van der Waals surface area (Å²) in [5.41, 5.74) is 2.77. The van der Waals surface area contributed by atoms with Gasteiger partial charge in [-0.3, -0.25) is 4.79 Å². The number of hydrogen-bond donors (Lipinski definition) is 1. The van der Waals surface area contributed by atoms with Crippen LogP contribution in [0.5, 0.6) is 0 Å². The van der Waals surface area contributed by atoms with Gasteiger partial charge in [0, 0.05) is 13.5 Å². The lowest BCUT2D eigenvalue weighted by atomic mass is 10.3. The molecule has 0 fully saturated rings. The average Bonchev–Trinajstić information content (AvgIpc) is 1.87. The lowest BCUT2D eigenvalue weighted by Gasteiger charge is -1.94. The predicted octanol–water partition coefficient (Wildman–Crippen LogP) is 0.951. The van der Waals surface area contributed by atoms with Crippen LogP contribution in [-0.4, -0.2) is 18.5 Å². The number of nitrogens with one attached hydrogen (secondary N) is 1. The molecular formula is C7H14N2O. The van der Waals surface area contributed by atoms with Gasteiger partial charge in [-0.05, 0) is 6.42 Å². The third-order valence-corrected chi connectivity index (χ3v) is 0.980. The van der Waals surface area contributed by atoms with Gasteiger partial charge in [0.05, 0.1) is 6.21 Å². The Hall–Kier alpha value is -0.860. The number of carbonyl (C=O) groups is 1. The largest absolute Gasteiger partial charge is 0.310 e. The van der Waals surface area contributed by atoms with Gasteiger partial charge >= 0.3 is 0 Å². The number of hydrogen-bond acceptors (Lipinski definition) is 3. The quantitative estimate of drug-likeness (QED) is 0.353. The van der Waals surface area contributed by atoms with E-state index in [0.717, 1.165) is 19.4 Å². The van der Waals surface area contributed by atoms with Crippen LogP contribution in [0.15, 0.2) is 5.10 Å². The summed E-state index contributed by atoms with van der Waals surface area (Å²) in [6.45, 7) is 4.43. The van der Waals surface area contributed by atoms with Crippen LogP contribution in [0, 0.1) is 0 Å². The van der Waals surface area contributed by atoms with Gasteiger partial charge in [-0.2, -0.15) is 5.10 Å². The van der Waals surface area contributed by atoms with Gasteiger partial charge < -0.3 is 5.43 Å². The molecule has 0 saturated heterocycles. The number of ketones is 1. The number of hydrazone groups is 1. The molecule has 0 radical (unpaired) electrons. The van der Waals surface area contributed by atoms with Crippen LogP contribution in [0.1, 0.15) is 26.7 Å². The van der Waals surface area contributed by atoms with E-state index in [1.807, 2.05) is 0 Å². The second-order valence-corrected chi connectivity index (χ2v) is 2.13. The smallest absolute Gasteiger partial charge is 0.172 e. The first-order valence-electron chi connectivity index (χ1n) is 3.54. The van der Waals surface area contributed by atoms with Gasteiger partial charge in [0.2, 0.25) is 0 Å². The lowest BCUT2D eigenvalue weighted by Crippen LogP contribution is -2.08. The fourth-order valence-corrected chi connectivity index (χ4v) is 0.457. The van der Waals surface area contributed by atoms with E-state index in [-0.39, 0.29) is 5.78 Å². The van der Waals surface area contributed by atoms with Gasteiger partial charge in [-0.25, -0.2) is 0 Å². The summed E-state index contributed by atoms with van der Waals surface area (Å²) in [6.07, 6.45) is 3.52. The first-order chi connectivity index (χ1) is 4.77. The third kappa shape index (κ3) is 7.14. The Bertz CT molecular complexity index is 121. The van der Waals surface area contributed by atoms with Crippen molar-refractivity contribution in [2.75, 3.05) is 6.54 Å². The zero-order valence-electron chi connectivity index (χ0n) is 6.55. The average molecular weight is 142 g/mol. The Balaban J connectivity index is 3.10. The zero-order chi connectivity index (χ0) is 7.82. The molecule has 0 saturated carbocycles. The predicted molar refractivity (Wildman–Crippen MR) is 42.1 cm³/mol. The molecule has 1 N–H and O–H groups in total. The maximum absolute atomic E-state index is 10.3. The monoisotopic (exact) mass is 142 g/mol. The maximum atomic E-state index is 10.3. The highest BCUT2D eigenvalue weighted by atomic mass is 16.1. The second-order valence-electron chi connectivity index (χ2n) is 2.13. The SMILES string of the molecule is CCCCN/N=C/C(C)=O. The first kappa shape index (κ1) is 9.14. The molecule has 0 bridgehead atoms. The van der Waals surface area contributed by atoms with Gasteiger partial charge in [-0.1, -0.05) is 13.3 Å². The molecular weight excluding hydrogens is 128 g/mol. The fraction of sp³-hybridized carbons (Fsp3) is 0.714. The van der Waals surface area contributed by atoms with Gasteiger partial charge in [0.1, 0.15) is 0 Å². The van der Waals surface area contributed by atoms with Crippen LogP contribution in [0.25, 0.3) is 0 Å². The minimum Gasteiger partial charge on any atom is -0.310 e. The number of Topliss-reactive ketones (excluding diaryl/α,β-unsaturated/α-hetero) is 1. The molecule has 0 heterocycles. The van der Waals surface area contributed by atoms with Crippen molar-refractivity contribution in [3.05, 3.63) is 0 Å². The number of rotatable bonds is 5. The Morgan fingerprint density at radius 3 is 2.90 bits per heavy atom. The van der Waals surface area contributed by atoms with E-state index in [2.05, 4.69) is 17.5 Å². The summed E-state index contributed by atoms with van der Waals surface area (Å²) < 4.78 is 0. The van der Waals surface area contributed by atoms with Gasteiger partial charge in [-0.15, -0.1) is 0 Å². The van der Waals surface area contributed by atoms with Crippen molar-refractivity contribution in [1.82, 2.24) is 5.43 Å². The van der Waals surface area contributed by atoms with Crippen molar-refractivity contribution >= 4 is 12.0 Å². The van der Waals surface area contributed by atoms with E-state index in [0.29, 0.717) is 0 Å². The molecule has 58 valence electrons. The summed E-state index contributed by atoms with van der Waals surface area (Å²) in [7, 11) is 0. The molecule has 0 aliphatic heterocycles. The van der Waals surface area contributed by atoms with Gasteiger partial charge in [0.15, 0.2) is 5.78 Å². The minimum absolute atomic E-state index is 0.0241. The molecule has 0 aromatic carbocycles. The summed E-state index contributed by atoms with van der Waals surface area (Å²) in [5, 5.41) is 3.68. The first-order valence-corrected chi connectivity index (χ1v) is 3.54. The highest BCUT2D eigenvalue weighted by Gasteiger charge is 1.81. The van der Waals surface area contributed by atoms with E-state index in [4.69, 9.17) is 0 Å². The highest BCUT2D eigenvalue weighted by Crippen LogP contribution is 1.80. The van der Waals surface area contributed by atoms with E-state index in [1.165, 1.54) is 13.1 Å². The Morgan fingerprint density at radius 2 is 2.40 bits per heavy atom. The van der Waals surface area contributed by atoms with E-state index in [1.54, 1.807) is 0 Å². The number of carbonyl (C=O) groups excluding carboxylic acids is 1. The third-order valence-electron chi connectivity index (χ3n) is 0.980. The van der Waals surface area contributed by atoms with Crippen molar-refractivity contribution in [2.24, 2.45) is 5.10 Å². The van der Waals surface area contributed by atoms with Crippen LogP contribution in [0.4, 0.5) is 0 Å². The van der Waals surface area contributed by atoms with Crippen molar-refractivity contribution in [3.8, 4) is 0 Å². The van der Waals surface area contributed by atoms with E-state index in [9.17, 15) is 4.79 Å². The molecule has 0 atom stereocenters. The molecule has 0 amide bonds. The minimum atomic E-state index is -0.0241. The molecule has 0 spiro atoms. The molecule has 0 aliphatic carbocycles. The summed E-state index contributed by atoms with van der Waals surface area (Å²) >= 11 is 0. The standard InChI is InChI=1S/C7H14N2O/c1-3-4-5-8-9-6-7(2)10/h6,8H,3-5H2,1-2H3/b9-6+. The molecule has 3 heteroatoms. The topological polar surface area (TPSA) is 41.5 Å². The lowest BCUT2D eigenvalue weighted by molar-refractivity contribution is -0.110. The van der Waals surface area contributed by atoms with Crippen LogP contribution < -0.4 is 5.43 Å². The number of nitrogens with zero attached hydrogens (tertiary/aromatic N) is 1. The second kappa shape index (κ2) is 6.26. The van der Waals surface area contributed by atoms with Crippen molar-refractivity contribution in [3.63, 3.8) is 0 Å². The Labute approximate surface area is 61.5 Å². The molecule has 0 rings (SSSR count). The van der Waals surface area contributed by atoms with Crippen LogP contribution in [-0.2, 0) is 4.79 Å². The fourth-order valence-electron chi connectivity index (χ4n) is 0.457. The van der Waals surface area contributed by atoms with E-state index >= 15 is 0 Å². The molecule has 0 aromatic heterocycles. The molecule has 0 aliphatic rings. The van der Waals surface area contributed by atoms with Gasteiger partial charge in [0.25, 0.3) is 0 Å². The Kier molecular flexibility index (Phi) is 5.72. The van der Waals surface area contributed by atoms with Crippen LogP contribution in [0.2, 0.25) is 0 Å². The molecule has 3 nitrogen and oxygen atoms in total. The summed E-state index contributed by atoms with van der Waals surface area (Å²) in [6, 6.07) is 0. The normalized spacial score (nSPS) is 10.2. The zero-order valence-corrected chi connectivity index (χ0v) is 6.55. The molecule has 0 unspecified atom stereocenters. The van der Waals surface area contributed by atoms with Crippen molar-refractivity contribution in [1.29, 1.82) is 0 Å².